The van der Waals surface area contributed by atoms with Crippen LogP contribution in [0.25, 0.3) is 0 Å². The number of rotatable bonds is 1. The molecule has 0 radical (unpaired) electrons. The van der Waals surface area contributed by atoms with E-state index in [0.29, 0.717) is 6.42 Å². The van der Waals surface area contributed by atoms with Gasteiger partial charge in [0, 0.05) is 18.6 Å². The summed E-state index contributed by atoms with van der Waals surface area (Å²) in [5.74, 6) is 0.222. The van der Waals surface area contributed by atoms with Crippen molar-refractivity contribution in [3.05, 3.63) is 47.5 Å². The van der Waals surface area contributed by atoms with Crippen molar-refractivity contribution in [1.29, 1.82) is 0 Å². The second-order valence-corrected chi connectivity index (χ2v) is 5.99. The third kappa shape index (κ3) is 5.13. The highest BCUT2D eigenvalue weighted by molar-refractivity contribution is 5.97. The van der Waals surface area contributed by atoms with Crippen LogP contribution in [0.1, 0.15) is 60.9 Å². The van der Waals surface area contributed by atoms with E-state index < -0.39 is 0 Å². The second-order valence-electron chi connectivity index (χ2n) is 5.99. The molecule has 2 rings (SSSR count). The van der Waals surface area contributed by atoms with Gasteiger partial charge in [0.05, 0.1) is 0 Å². The standard InChI is InChI=1S/C19H26O2/c20-15-16-10-6-4-2-1-3-5-7-11-17-12-8-9-13-18(17)19(21)14-16/h4,6,8-9,12-13,16,20H,1-3,5,7,10-11,14-15H2/t16-/m1/s1. The van der Waals surface area contributed by atoms with Crippen molar-refractivity contribution in [1.82, 2.24) is 0 Å². The third-order valence-electron chi connectivity index (χ3n) is 4.25. The van der Waals surface area contributed by atoms with E-state index >= 15 is 0 Å². The Bertz CT molecular complexity index is 476. The summed E-state index contributed by atoms with van der Waals surface area (Å²) >= 11 is 0. The lowest BCUT2D eigenvalue weighted by Crippen LogP contribution is -2.13. The Morgan fingerprint density at radius 1 is 1.05 bits per heavy atom. The molecule has 2 heteroatoms. The lowest BCUT2D eigenvalue weighted by atomic mass is 9.91. The van der Waals surface area contributed by atoms with Crippen LogP contribution in [0.4, 0.5) is 0 Å². The second kappa shape index (κ2) is 8.78. The highest BCUT2D eigenvalue weighted by Crippen LogP contribution is 2.20. The smallest absolute Gasteiger partial charge is 0.163 e. The third-order valence-corrected chi connectivity index (χ3v) is 4.25. The number of ketones is 1. The number of benzene rings is 1. The van der Waals surface area contributed by atoms with Gasteiger partial charge in [0.25, 0.3) is 0 Å². The molecule has 0 amide bonds. The molecule has 0 aromatic heterocycles. The largest absolute Gasteiger partial charge is 0.396 e. The van der Waals surface area contributed by atoms with Gasteiger partial charge in [0.2, 0.25) is 0 Å². The van der Waals surface area contributed by atoms with E-state index in [1.165, 1.54) is 24.8 Å². The summed E-state index contributed by atoms with van der Waals surface area (Å²) < 4.78 is 0. The van der Waals surface area contributed by atoms with Crippen LogP contribution in [0, 0.1) is 5.92 Å². The molecule has 1 aliphatic rings. The van der Waals surface area contributed by atoms with Crippen molar-refractivity contribution in [3.63, 3.8) is 0 Å². The molecule has 21 heavy (non-hydrogen) atoms. The van der Waals surface area contributed by atoms with E-state index in [0.717, 1.165) is 31.2 Å². The Labute approximate surface area is 127 Å². The summed E-state index contributed by atoms with van der Waals surface area (Å²) in [5.41, 5.74) is 2.03. The quantitative estimate of drug-likeness (QED) is 0.781. The van der Waals surface area contributed by atoms with Gasteiger partial charge in [-0.3, -0.25) is 4.79 Å². The Morgan fingerprint density at radius 2 is 1.86 bits per heavy atom. The highest BCUT2D eigenvalue weighted by Gasteiger charge is 2.16. The molecule has 1 N–H and O–H groups in total. The molecule has 0 saturated heterocycles. The minimum absolute atomic E-state index is 0.0461. The van der Waals surface area contributed by atoms with Crippen LogP contribution in [0.5, 0.6) is 0 Å². The number of hydrogen-bond acceptors (Lipinski definition) is 2. The number of hydrogen-bond donors (Lipinski definition) is 1. The number of aliphatic hydroxyl groups is 1. The number of carbonyl (C=O) groups is 1. The van der Waals surface area contributed by atoms with E-state index in [1.54, 1.807) is 0 Å². The summed E-state index contributed by atoms with van der Waals surface area (Å²) in [6.07, 6.45) is 12.5. The molecule has 0 aliphatic heterocycles. The predicted octanol–water partition coefficient (Wildman–Crippen LogP) is 4.32. The van der Waals surface area contributed by atoms with Gasteiger partial charge in [-0.05, 0) is 43.6 Å². The van der Waals surface area contributed by atoms with Crippen LogP contribution in [0.3, 0.4) is 0 Å². The fourth-order valence-electron chi connectivity index (χ4n) is 2.94. The van der Waals surface area contributed by atoms with Crippen molar-refractivity contribution < 1.29 is 9.90 Å². The molecule has 0 fully saturated rings. The first-order chi connectivity index (χ1) is 10.3. The number of carbonyl (C=O) groups excluding carboxylic acids is 1. The summed E-state index contributed by atoms with van der Waals surface area (Å²) in [5, 5.41) is 9.48. The molecule has 0 spiro atoms. The first-order valence-corrected chi connectivity index (χ1v) is 8.18. The van der Waals surface area contributed by atoms with E-state index in [-0.39, 0.29) is 18.3 Å². The summed E-state index contributed by atoms with van der Waals surface area (Å²) in [6, 6.07) is 7.97. The maximum absolute atomic E-state index is 12.5. The normalized spacial score (nSPS) is 21.6. The van der Waals surface area contributed by atoms with Crippen molar-refractivity contribution in [2.24, 2.45) is 5.92 Å². The first kappa shape index (κ1) is 16.0. The Morgan fingerprint density at radius 3 is 2.71 bits per heavy atom. The van der Waals surface area contributed by atoms with E-state index in [4.69, 9.17) is 0 Å². The van der Waals surface area contributed by atoms with Gasteiger partial charge < -0.3 is 5.11 Å². The minimum Gasteiger partial charge on any atom is -0.396 e. The molecule has 0 bridgehead atoms. The van der Waals surface area contributed by atoms with Crippen LogP contribution < -0.4 is 0 Å². The molecule has 1 aromatic carbocycles. The number of Topliss-reactive ketones (excluding diaryl/α,β-unsaturated/α-hetero) is 1. The predicted molar refractivity (Wildman–Crippen MR) is 86.5 cm³/mol. The average Bonchev–Trinajstić information content (AvgIpc) is 2.51. The van der Waals surface area contributed by atoms with E-state index in [1.807, 2.05) is 18.2 Å². The Hall–Kier alpha value is -1.41. The fourth-order valence-corrected chi connectivity index (χ4v) is 2.94. The number of aryl methyl sites for hydroxylation is 1. The Kier molecular flexibility index (Phi) is 6.68. The van der Waals surface area contributed by atoms with Crippen molar-refractivity contribution in [3.8, 4) is 0 Å². The van der Waals surface area contributed by atoms with Gasteiger partial charge in [0.1, 0.15) is 0 Å². The van der Waals surface area contributed by atoms with Crippen LogP contribution >= 0.6 is 0 Å². The van der Waals surface area contributed by atoms with Crippen LogP contribution in [0.2, 0.25) is 0 Å². The summed E-state index contributed by atoms with van der Waals surface area (Å²) in [4.78, 5) is 12.5. The van der Waals surface area contributed by atoms with E-state index in [2.05, 4.69) is 18.2 Å². The summed E-state index contributed by atoms with van der Waals surface area (Å²) in [6.45, 7) is 0.0816. The van der Waals surface area contributed by atoms with Crippen molar-refractivity contribution in [2.75, 3.05) is 6.61 Å². The van der Waals surface area contributed by atoms with Gasteiger partial charge >= 0.3 is 0 Å². The average molecular weight is 286 g/mol. The lowest BCUT2D eigenvalue weighted by molar-refractivity contribution is 0.0936. The zero-order valence-corrected chi connectivity index (χ0v) is 12.8. The molecule has 0 unspecified atom stereocenters. The summed E-state index contributed by atoms with van der Waals surface area (Å²) in [7, 11) is 0. The molecule has 1 aromatic rings. The van der Waals surface area contributed by atoms with Crippen LogP contribution in [-0.4, -0.2) is 17.5 Å². The molecule has 114 valence electrons. The molecular weight excluding hydrogens is 260 g/mol. The number of allylic oxidation sites excluding steroid dienone is 2. The maximum atomic E-state index is 12.5. The van der Waals surface area contributed by atoms with E-state index in [9.17, 15) is 9.90 Å². The number of aliphatic hydroxyl groups excluding tert-OH is 1. The van der Waals surface area contributed by atoms with Gasteiger partial charge in [-0.25, -0.2) is 0 Å². The molecule has 1 aliphatic carbocycles. The first-order valence-electron chi connectivity index (χ1n) is 8.18. The number of fused-ring (bicyclic) bond motifs is 1. The zero-order chi connectivity index (χ0) is 14.9. The molecule has 1 atom stereocenters. The van der Waals surface area contributed by atoms with Crippen LogP contribution in [-0.2, 0) is 6.42 Å². The fraction of sp³-hybridized carbons (Fsp3) is 0.526. The molecular formula is C19H26O2. The minimum atomic E-state index is 0.0461. The SMILES string of the molecule is O=C1C[C@H](CO)CC=CCCCCCCc2ccccc21. The monoisotopic (exact) mass is 286 g/mol. The van der Waals surface area contributed by atoms with Gasteiger partial charge in [-0.1, -0.05) is 49.3 Å². The van der Waals surface area contributed by atoms with Gasteiger partial charge in [-0.2, -0.15) is 0 Å². The Balaban J connectivity index is 2.15. The molecule has 0 heterocycles. The van der Waals surface area contributed by atoms with Crippen LogP contribution in [0.15, 0.2) is 36.4 Å². The maximum Gasteiger partial charge on any atom is 0.163 e. The topological polar surface area (TPSA) is 37.3 Å². The highest BCUT2D eigenvalue weighted by atomic mass is 16.3. The van der Waals surface area contributed by atoms with Crippen molar-refractivity contribution >= 4 is 5.78 Å². The lowest BCUT2D eigenvalue weighted by Gasteiger charge is -2.14. The zero-order valence-electron chi connectivity index (χ0n) is 12.8. The molecule has 2 nitrogen and oxygen atoms in total. The molecule has 0 saturated carbocycles. The van der Waals surface area contributed by atoms with Gasteiger partial charge in [0.15, 0.2) is 5.78 Å². The van der Waals surface area contributed by atoms with Gasteiger partial charge in [-0.15, -0.1) is 0 Å². The van der Waals surface area contributed by atoms with Crippen molar-refractivity contribution in [2.45, 2.75) is 51.4 Å².